The number of aromatic nitrogens is 3. The molecule has 0 spiro atoms. The Morgan fingerprint density at radius 2 is 2.31 bits per heavy atom. The molecular formula is C11H13N3O2. The molecule has 5 nitrogen and oxygen atoms in total. The number of hydrogen-bond acceptors (Lipinski definition) is 2. The highest BCUT2D eigenvalue weighted by atomic mass is 16.4. The van der Waals surface area contributed by atoms with Crippen LogP contribution in [0.1, 0.15) is 30.2 Å². The number of nitrogens with one attached hydrogen (secondary N) is 1. The van der Waals surface area contributed by atoms with E-state index in [-0.39, 0.29) is 11.6 Å². The number of carboxylic acid groups (broad SMARTS) is 1. The van der Waals surface area contributed by atoms with E-state index in [0.717, 1.165) is 5.69 Å². The van der Waals surface area contributed by atoms with E-state index in [9.17, 15) is 4.79 Å². The Kier molecular flexibility index (Phi) is 2.52. The van der Waals surface area contributed by atoms with Gasteiger partial charge in [0.05, 0.1) is 5.69 Å². The van der Waals surface area contributed by atoms with Crippen LogP contribution < -0.4 is 0 Å². The average molecular weight is 219 g/mol. The van der Waals surface area contributed by atoms with Gasteiger partial charge in [0.1, 0.15) is 11.3 Å². The van der Waals surface area contributed by atoms with E-state index in [1.807, 2.05) is 19.9 Å². The summed E-state index contributed by atoms with van der Waals surface area (Å²) in [6.45, 7) is 3.91. The summed E-state index contributed by atoms with van der Waals surface area (Å²) in [5.41, 5.74) is 1.42. The monoisotopic (exact) mass is 219 g/mol. The van der Waals surface area contributed by atoms with Crippen molar-refractivity contribution < 1.29 is 9.90 Å². The molecule has 0 aliphatic carbocycles. The van der Waals surface area contributed by atoms with Gasteiger partial charge in [-0.2, -0.15) is 5.10 Å². The summed E-state index contributed by atoms with van der Waals surface area (Å²) in [5.74, 6) is -0.962. The molecule has 2 aromatic rings. The third kappa shape index (κ3) is 1.71. The van der Waals surface area contributed by atoms with Gasteiger partial charge in [-0.25, -0.2) is 4.79 Å². The van der Waals surface area contributed by atoms with Crippen molar-refractivity contribution in [3.63, 3.8) is 0 Å². The van der Waals surface area contributed by atoms with Crippen molar-refractivity contribution in [1.82, 2.24) is 14.8 Å². The highest BCUT2D eigenvalue weighted by Crippen LogP contribution is 2.21. The molecule has 0 aliphatic rings. The summed E-state index contributed by atoms with van der Waals surface area (Å²) in [6, 6.07) is 3.76. The van der Waals surface area contributed by atoms with Gasteiger partial charge >= 0.3 is 5.97 Å². The Balaban J connectivity index is 2.55. The zero-order chi connectivity index (χ0) is 11.7. The lowest BCUT2D eigenvalue weighted by atomic mass is 10.2. The van der Waals surface area contributed by atoms with Crippen LogP contribution in [0.5, 0.6) is 0 Å². The maximum Gasteiger partial charge on any atom is 0.339 e. The molecule has 0 aliphatic heterocycles. The van der Waals surface area contributed by atoms with Crippen LogP contribution in [0.3, 0.4) is 0 Å². The molecule has 2 N–H and O–H groups in total. The first kappa shape index (κ1) is 10.5. The molecule has 84 valence electrons. The fourth-order valence-electron chi connectivity index (χ4n) is 1.49. The van der Waals surface area contributed by atoms with Crippen LogP contribution in [0, 0.1) is 0 Å². The van der Waals surface area contributed by atoms with Crippen LogP contribution in [-0.4, -0.2) is 25.8 Å². The highest BCUT2D eigenvalue weighted by molar-refractivity contribution is 5.94. The van der Waals surface area contributed by atoms with E-state index in [1.165, 1.54) is 0 Å². The minimum absolute atomic E-state index is 0.141. The van der Waals surface area contributed by atoms with Gasteiger partial charge < -0.3 is 10.1 Å². The predicted molar refractivity (Wildman–Crippen MR) is 59.4 cm³/mol. The van der Waals surface area contributed by atoms with Crippen molar-refractivity contribution in [2.24, 2.45) is 0 Å². The van der Waals surface area contributed by atoms with Crippen LogP contribution in [0.2, 0.25) is 0 Å². The number of hydrogen-bond donors (Lipinski definition) is 2. The van der Waals surface area contributed by atoms with Crippen LogP contribution in [0.4, 0.5) is 0 Å². The molecule has 0 amide bonds. The zero-order valence-electron chi connectivity index (χ0n) is 9.14. The lowest BCUT2D eigenvalue weighted by Gasteiger charge is -2.02. The van der Waals surface area contributed by atoms with Gasteiger partial charge in [-0.1, -0.05) is 0 Å². The Bertz CT molecular complexity index is 497. The van der Waals surface area contributed by atoms with E-state index in [1.54, 1.807) is 23.1 Å². The third-order valence-corrected chi connectivity index (χ3v) is 2.34. The first-order valence-corrected chi connectivity index (χ1v) is 5.06. The molecule has 2 aromatic heterocycles. The lowest BCUT2D eigenvalue weighted by Crippen LogP contribution is -2.00. The van der Waals surface area contributed by atoms with Gasteiger partial charge in [-0.15, -0.1) is 0 Å². The van der Waals surface area contributed by atoms with Crippen molar-refractivity contribution in [2.75, 3.05) is 0 Å². The average Bonchev–Trinajstić information content (AvgIpc) is 2.86. The molecule has 2 rings (SSSR count). The minimum atomic E-state index is -0.962. The largest absolute Gasteiger partial charge is 0.478 e. The number of H-pyrrole nitrogens is 1. The smallest absolute Gasteiger partial charge is 0.339 e. The summed E-state index contributed by atoms with van der Waals surface area (Å²) in [7, 11) is 0. The van der Waals surface area contributed by atoms with Gasteiger partial charge in [0.25, 0.3) is 0 Å². The minimum Gasteiger partial charge on any atom is -0.478 e. The number of aromatic carboxylic acids is 1. The first-order chi connectivity index (χ1) is 7.59. The molecule has 0 saturated heterocycles. The van der Waals surface area contributed by atoms with Gasteiger partial charge in [0.15, 0.2) is 0 Å². The number of nitrogens with zero attached hydrogens (tertiary/aromatic N) is 2. The summed E-state index contributed by atoms with van der Waals surface area (Å²) in [5, 5.41) is 13.4. The van der Waals surface area contributed by atoms with Crippen molar-refractivity contribution in [1.29, 1.82) is 0 Å². The molecule has 0 aromatic carbocycles. The summed E-state index contributed by atoms with van der Waals surface area (Å²) in [4.78, 5) is 14.0. The molecule has 0 saturated carbocycles. The predicted octanol–water partition coefficient (Wildman–Crippen LogP) is 2.16. The molecule has 0 atom stereocenters. The number of carboxylic acids is 1. The Morgan fingerprint density at radius 1 is 1.56 bits per heavy atom. The summed E-state index contributed by atoms with van der Waals surface area (Å²) in [6.07, 6.45) is 3.30. The van der Waals surface area contributed by atoms with E-state index < -0.39 is 5.97 Å². The van der Waals surface area contributed by atoms with Crippen LogP contribution >= 0.6 is 0 Å². The fraction of sp³-hybridized carbons (Fsp3) is 0.273. The maximum absolute atomic E-state index is 11.1. The highest BCUT2D eigenvalue weighted by Gasteiger charge is 2.18. The van der Waals surface area contributed by atoms with E-state index in [4.69, 9.17) is 5.11 Å². The van der Waals surface area contributed by atoms with Crippen LogP contribution in [0.25, 0.3) is 11.4 Å². The van der Waals surface area contributed by atoms with Gasteiger partial charge in [-0.3, -0.25) is 4.68 Å². The van der Waals surface area contributed by atoms with E-state index in [0.29, 0.717) is 5.69 Å². The lowest BCUT2D eigenvalue weighted by molar-refractivity contribution is 0.0697. The SMILES string of the molecule is CC(C)n1cc(C(=O)O)c(-c2ccc[nH]2)n1. The second-order valence-corrected chi connectivity index (χ2v) is 3.85. The van der Waals surface area contributed by atoms with E-state index >= 15 is 0 Å². The van der Waals surface area contributed by atoms with Crippen LogP contribution in [-0.2, 0) is 0 Å². The summed E-state index contributed by atoms with van der Waals surface area (Å²) < 4.78 is 1.65. The normalized spacial score (nSPS) is 10.9. The zero-order valence-corrected chi connectivity index (χ0v) is 9.14. The van der Waals surface area contributed by atoms with Gasteiger partial charge in [0.2, 0.25) is 0 Å². The molecule has 2 heterocycles. The van der Waals surface area contributed by atoms with Crippen molar-refractivity contribution in [2.45, 2.75) is 19.9 Å². The van der Waals surface area contributed by atoms with Crippen LogP contribution in [0.15, 0.2) is 24.5 Å². The van der Waals surface area contributed by atoms with Crippen molar-refractivity contribution in [3.8, 4) is 11.4 Å². The molecule has 0 fully saturated rings. The standard InChI is InChI=1S/C11H13N3O2/c1-7(2)14-6-8(11(15)16)10(13-14)9-4-3-5-12-9/h3-7,12H,1-2H3,(H,15,16). The first-order valence-electron chi connectivity index (χ1n) is 5.06. The quantitative estimate of drug-likeness (QED) is 0.830. The Labute approximate surface area is 92.7 Å². The fourth-order valence-corrected chi connectivity index (χ4v) is 1.49. The second-order valence-electron chi connectivity index (χ2n) is 3.85. The maximum atomic E-state index is 11.1. The Hall–Kier alpha value is -2.04. The van der Waals surface area contributed by atoms with Crippen molar-refractivity contribution in [3.05, 3.63) is 30.1 Å². The molecule has 0 unspecified atom stereocenters. The molecule has 0 radical (unpaired) electrons. The Morgan fingerprint density at radius 3 is 2.81 bits per heavy atom. The van der Waals surface area contributed by atoms with E-state index in [2.05, 4.69) is 10.1 Å². The number of carbonyl (C=O) groups is 1. The molecular weight excluding hydrogens is 206 g/mol. The third-order valence-electron chi connectivity index (χ3n) is 2.34. The number of rotatable bonds is 3. The molecule has 16 heavy (non-hydrogen) atoms. The molecule has 0 bridgehead atoms. The topological polar surface area (TPSA) is 70.9 Å². The van der Waals surface area contributed by atoms with Gasteiger partial charge in [0, 0.05) is 18.4 Å². The summed E-state index contributed by atoms with van der Waals surface area (Å²) >= 11 is 0. The molecule has 5 heteroatoms. The second kappa shape index (κ2) is 3.84. The van der Waals surface area contributed by atoms with Gasteiger partial charge in [-0.05, 0) is 26.0 Å². The number of aromatic amines is 1. The van der Waals surface area contributed by atoms with Crippen molar-refractivity contribution >= 4 is 5.97 Å².